The number of aromatic nitrogens is 1. The van der Waals surface area contributed by atoms with E-state index in [1.165, 1.54) is 11.3 Å². The lowest BCUT2D eigenvalue weighted by atomic mass is 10.0. The average Bonchev–Trinajstić information content (AvgIpc) is 3.08. The number of carboxylic acids is 1. The Hall–Kier alpha value is -2.21. The van der Waals surface area contributed by atoms with Crippen LogP contribution in [0.15, 0.2) is 24.3 Å². The highest BCUT2D eigenvalue weighted by molar-refractivity contribution is 7.14. The van der Waals surface area contributed by atoms with Gasteiger partial charge in [0, 0.05) is 12.2 Å². The lowest BCUT2D eigenvalue weighted by Gasteiger charge is -2.16. The number of carboxylic acid groups (broad SMARTS) is 1. The molecule has 0 aliphatic carbocycles. The summed E-state index contributed by atoms with van der Waals surface area (Å²) < 4.78 is 0. The zero-order valence-corrected chi connectivity index (χ0v) is 13.9. The average molecular weight is 330 g/mol. The number of anilines is 1. The van der Waals surface area contributed by atoms with Crippen LogP contribution in [0.5, 0.6) is 0 Å². The van der Waals surface area contributed by atoms with Crippen molar-refractivity contribution < 1.29 is 14.7 Å². The number of nitrogens with zero attached hydrogens (tertiary/aromatic N) is 2. The Morgan fingerprint density at radius 2 is 2.13 bits per heavy atom. The Kier molecular flexibility index (Phi) is 4.17. The first-order chi connectivity index (χ1) is 11.0. The Morgan fingerprint density at radius 1 is 1.39 bits per heavy atom. The molecule has 1 unspecified atom stereocenters. The van der Waals surface area contributed by atoms with Crippen molar-refractivity contribution >= 4 is 28.9 Å². The second kappa shape index (κ2) is 6.12. The lowest BCUT2D eigenvalue weighted by Crippen LogP contribution is -2.31. The maximum absolute atomic E-state index is 12.9. The fourth-order valence-corrected chi connectivity index (χ4v) is 4.02. The van der Waals surface area contributed by atoms with Gasteiger partial charge in [-0.2, -0.15) is 0 Å². The van der Waals surface area contributed by atoms with E-state index >= 15 is 0 Å². The van der Waals surface area contributed by atoms with Crippen LogP contribution < -0.4 is 4.90 Å². The van der Waals surface area contributed by atoms with Gasteiger partial charge in [-0.15, -0.1) is 11.3 Å². The minimum Gasteiger partial charge on any atom is -0.481 e. The molecule has 3 rings (SSSR count). The number of rotatable bonds is 4. The topological polar surface area (TPSA) is 70.5 Å². The van der Waals surface area contributed by atoms with Crippen LogP contribution in [-0.4, -0.2) is 28.5 Å². The summed E-state index contributed by atoms with van der Waals surface area (Å²) in [6.07, 6.45) is 1.83. The monoisotopic (exact) mass is 330 g/mol. The van der Waals surface area contributed by atoms with E-state index in [0.717, 1.165) is 23.5 Å². The fourth-order valence-electron chi connectivity index (χ4n) is 2.90. The van der Waals surface area contributed by atoms with Crippen molar-refractivity contribution in [2.45, 2.75) is 32.6 Å². The molecule has 2 heterocycles. The summed E-state index contributed by atoms with van der Waals surface area (Å²) in [7, 11) is 0. The van der Waals surface area contributed by atoms with Gasteiger partial charge in [-0.1, -0.05) is 25.1 Å². The molecular weight excluding hydrogens is 312 g/mol. The first kappa shape index (κ1) is 15.7. The maximum atomic E-state index is 12.9. The minimum absolute atomic E-state index is 0.154. The van der Waals surface area contributed by atoms with E-state index in [4.69, 9.17) is 0 Å². The molecule has 1 aromatic heterocycles. The van der Waals surface area contributed by atoms with Gasteiger partial charge >= 0.3 is 5.97 Å². The SMILES string of the molecule is CCCc1nc(C)c(C(=O)N2CC(C(=O)O)c3ccccc32)s1. The van der Waals surface area contributed by atoms with Crippen molar-refractivity contribution in [3.63, 3.8) is 0 Å². The van der Waals surface area contributed by atoms with E-state index in [9.17, 15) is 14.7 Å². The number of aliphatic carboxylic acids is 1. The molecule has 0 fully saturated rings. The van der Waals surface area contributed by atoms with Crippen LogP contribution in [0, 0.1) is 6.92 Å². The molecule has 120 valence electrons. The van der Waals surface area contributed by atoms with Crippen LogP contribution in [0.25, 0.3) is 0 Å². The number of thiazole rings is 1. The predicted molar refractivity (Wildman–Crippen MR) is 89.3 cm³/mol. The van der Waals surface area contributed by atoms with Crippen LogP contribution in [-0.2, 0) is 11.2 Å². The van der Waals surface area contributed by atoms with Crippen LogP contribution in [0.3, 0.4) is 0 Å². The third kappa shape index (κ3) is 2.74. The van der Waals surface area contributed by atoms with Crippen molar-refractivity contribution in [2.24, 2.45) is 0 Å². The molecular formula is C17H18N2O3S. The number of carbonyl (C=O) groups excluding carboxylic acids is 1. The number of fused-ring (bicyclic) bond motifs is 1. The van der Waals surface area contributed by atoms with E-state index in [-0.39, 0.29) is 12.5 Å². The molecule has 6 heteroatoms. The second-order valence-electron chi connectivity index (χ2n) is 5.64. The van der Waals surface area contributed by atoms with Crippen molar-refractivity contribution in [2.75, 3.05) is 11.4 Å². The summed E-state index contributed by atoms with van der Waals surface area (Å²) in [5, 5.41) is 10.4. The third-order valence-electron chi connectivity index (χ3n) is 4.01. The Balaban J connectivity index is 1.96. The van der Waals surface area contributed by atoms with Gasteiger partial charge in [-0.25, -0.2) is 4.98 Å². The Labute approximate surface area is 138 Å². The van der Waals surface area contributed by atoms with Crippen molar-refractivity contribution in [3.8, 4) is 0 Å². The van der Waals surface area contributed by atoms with E-state index in [0.29, 0.717) is 16.1 Å². The molecule has 1 aromatic carbocycles. The van der Waals surface area contributed by atoms with Gasteiger partial charge in [0.1, 0.15) is 10.8 Å². The molecule has 23 heavy (non-hydrogen) atoms. The molecule has 0 radical (unpaired) electrons. The molecule has 1 aliphatic rings. The van der Waals surface area contributed by atoms with Gasteiger partial charge in [0.25, 0.3) is 5.91 Å². The van der Waals surface area contributed by atoms with E-state index in [1.807, 2.05) is 13.0 Å². The van der Waals surface area contributed by atoms with Gasteiger partial charge in [0.2, 0.25) is 0 Å². The second-order valence-corrected chi connectivity index (χ2v) is 6.72. The number of aryl methyl sites for hydroxylation is 2. The van der Waals surface area contributed by atoms with Crippen LogP contribution in [0.2, 0.25) is 0 Å². The molecule has 5 nitrogen and oxygen atoms in total. The number of carbonyl (C=O) groups is 2. The van der Waals surface area contributed by atoms with E-state index < -0.39 is 11.9 Å². The van der Waals surface area contributed by atoms with E-state index in [2.05, 4.69) is 11.9 Å². The van der Waals surface area contributed by atoms with Crippen LogP contribution in [0.1, 0.15) is 45.2 Å². The first-order valence-electron chi connectivity index (χ1n) is 7.62. The summed E-state index contributed by atoms with van der Waals surface area (Å²) in [6, 6.07) is 7.22. The Morgan fingerprint density at radius 3 is 2.83 bits per heavy atom. The van der Waals surface area contributed by atoms with Gasteiger partial charge in [0.15, 0.2) is 0 Å². The molecule has 1 atom stereocenters. The predicted octanol–water partition coefficient (Wildman–Crippen LogP) is 3.23. The number of benzene rings is 1. The third-order valence-corrected chi connectivity index (χ3v) is 5.22. The zero-order chi connectivity index (χ0) is 16.6. The quantitative estimate of drug-likeness (QED) is 0.934. The van der Waals surface area contributed by atoms with Gasteiger partial charge in [-0.05, 0) is 31.4 Å². The molecule has 1 N–H and O–H groups in total. The van der Waals surface area contributed by atoms with Crippen LogP contribution in [0.4, 0.5) is 5.69 Å². The summed E-state index contributed by atoms with van der Waals surface area (Å²) >= 11 is 1.41. The highest BCUT2D eigenvalue weighted by atomic mass is 32.1. The molecule has 1 amide bonds. The molecule has 0 saturated heterocycles. The minimum atomic E-state index is -0.902. The standard InChI is InChI=1S/C17H18N2O3S/c1-3-6-14-18-10(2)15(23-14)16(20)19-9-12(17(21)22)11-7-4-5-8-13(11)19/h4-5,7-8,12H,3,6,9H2,1-2H3,(H,21,22). The van der Waals surface area contributed by atoms with Gasteiger partial charge < -0.3 is 10.0 Å². The number of hydrogen-bond acceptors (Lipinski definition) is 4. The van der Waals surface area contributed by atoms with E-state index in [1.54, 1.807) is 23.1 Å². The molecule has 0 bridgehead atoms. The highest BCUT2D eigenvalue weighted by Crippen LogP contribution is 2.38. The van der Waals surface area contributed by atoms with Crippen molar-refractivity contribution in [1.29, 1.82) is 0 Å². The molecule has 0 spiro atoms. The smallest absolute Gasteiger partial charge is 0.312 e. The summed E-state index contributed by atoms with van der Waals surface area (Å²) in [5.41, 5.74) is 2.11. The number of amides is 1. The van der Waals surface area contributed by atoms with Crippen molar-refractivity contribution in [1.82, 2.24) is 4.98 Å². The molecule has 0 saturated carbocycles. The summed E-state index contributed by atoms with van der Waals surface area (Å²) in [5.74, 6) is -1.72. The summed E-state index contributed by atoms with van der Waals surface area (Å²) in [6.45, 7) is 4.08. The fraction of sp³-hybridized carbons (Fsp3) is 0.353. The lowest BCUT2D eigenvalue weighted by molar-refractivity contribution is -0.138. The summed E-state index contributed by atoms with van der Waals surface area (Å²) in [4.78, 5) is 31.0. The highest BCUT2D eigenvalue weighted by Gasteiger charge is 2.37. The normalized spacial score (nSPS) is 16.4. The van der Waals surface area contributed by atoms with Gasteiger partial charge in [-0.3, -0.25) is 9.59 Å². The maximum Gasteiger partial charge on any atom is 0.312 e. The largest absolute Gasteiger partial charge is 0.481 e. The number of para-hydroxylation sites is 1. The van der Waals surface area contributed by atoms with Crippen LogP contribution >= 0.6 is 11.3 Å². The molecule has 2 aromatic rings. The number of hydrogen-bond donors (Lipinski definition) is 1. The van der Waals surface area contributed by atoms with Crippen molar-refractivity contribution in [3.05, 3.63) is 45.4 Å². The zero-order valence-electron chi connectivity index (χ0n) is 13.1. The Bertz CT molecular complexity index is 769. The first-order valence-corrected chi connectivity index (χ1v) is 8.44. The molecule has 1 aliphatic heterocycles. The van der Waals surface area contributed by atoms with Gasteiger partial charge in [0.05, 0.1) is 10.7 Å².